The molecule has 0 fully saturated rings. The summed E-state index contributed by atoms with van der Waals surface area (Å²) in [6.07, 6.45) is 5.88. The molecule has 0 bridgehead atoms. The van der Waals surface area contributed by atoms with Crippen LogP contribution in [0.2, 0.25) is 0 Å². The molecule has 2 amide bonds. The number of rotatable bonds is 11. The molecular weight excluding hydrogens is 617 g/mol. The highest BCUT2D eigenvalue weighted by Gasteiger charge is 2.45. The van der Waals surface area contributed by atoms with Gasteiger partial charge >= 0.3 is 0 Å². The van der Waals surface area contributed by atoms with Crippen LogP contribution < -0.4 is 20.1 Å². The van der Waals surface area contributed by atoms with E-state index in [9.17, 15) is 14.4 Å². The van der Waals surface area contributed by atoms with Crippen molar-refractivity contribution in [2.24, 2.45) is 5.41 Å². The zero-order valence-corrected chi connectivity index (χ0v) is 28.0. The van der Waals surface area contributed by atoms with Gasteiger partial charge in [0, 0.05) is 69.3 Å². The van der Waals surface area contributed by atoms with E-state index >= 15 is 0 Å². The normalized spacial score (nSPS) is 14.2. The summed E-state index contributed by atoms with van der Waals surface area (Å²) in [4.78, 5) is 49.1. The van der Waals surface area contributed by atoms with Crippen molar-refractivity contribution in [2.45, 2.75) is 47.2 Å². The lowest BCUT2D eigenvalue weighted by molar-refractivity contribution is -0.137. The van der Waals surface area contributed by atoms with Crippen molar-refractivity contribution in [1.29, 1.82) is 0 Å². The molecule has 0 N–H and O–H groups in total. The monoisotopic (exact) mass is 657 g/mol. The van der Waals surface area contributed by atoms with E-state index in [1.165, 1.54) is 6.26 Å². The van der Waals surface area contributed by atoms with Crippen LogP contribution in [0.3, 0.4) is 0 Å². The summed E-state index contributed by atoms with van der Waals surface area (Å²) in [6.45, 7) is 10.8. The van der Waals surface area contributed by atoms with E-state index < -0.39 is 5.41 Å². The lowest BCUT2D eigenvalue weighted by Crippen LogP contribution is -2.47. The standard InChI is InChI=1S/C33H39N5O5.2ClH/c1-6-38-27-11-10-26(21-28(27)35(5)31(40)33(3,4)32(38)41)42-19-8-15-36(22-25-9-7-14-34-23(25)2)17-18-37-16-12-24-13-20-43-29(24)30(37)39;;/h7,9-14,16,20-21H,6,8,15,17-19,22H2,1-5H3;2*1H. The molecule has 0 unspecified atom stereocenters. The third kappa shape index (κ3) is 7.35. The number of aryl methyl sites for hydroxylation is 1. The summed E-state index contributed by atoms with van der Waals surface area (Å²) in [6, 6.07) is 13.2. The van der Waals surface area contributed by atoms with Gasteiger partial charge in [0.25, 0.3) is 5.56 Å². The molecule has 0 radical (unpaired) electrons. The summed E-state index contributed by atoms with van der Waals surface area (Å²) in [5.41, 5.74) is 2.53. The number of carbonyl (C=O) groups is 2. The number of halogens is 2. The van der Waals surface area contributed by atoms with Crippen LogP contribution in [0.1, 0.15) is 38.4 Å². The Morgan fingerprint density at radius 2 is 1.78 bits per heavy atom. The molecule has 242 valence electrons. The molecule has 0 spiro atoms. The highest BCUT2D eigenvalue weighted by molar-refractivity contribution is 6.20. The van der Waals surface area contributed by atoms with E-state index in [4.69, 9.17) is 9.15 Å². The highest BCUT2D eigenvalue weighted by atomic mass is 35.5. The summed E-state index contributed by atoms with van der Waals surface area (Å²) in [5, 5.41) is 0.798. The van der Waals surface area contributed by atoms with Crippen molar-refractivity contribution in [2.75, 3.05) is 43.1 Å². The fourth-order valence-electron chi connectivity index (χ4n) is 5.56. The number of nitrogens with zero attached hydrogens (tertiary/aromatic N) is 5. The smallest absolute Gasteiger partial charge is 0.294 e. The van der Waals surface area contributed by atoms with Gasteiger partial charge in [-0.25, -0.2) is 0 Å². The number of fused-ring (bicyclic) bond motifs is 2. The van der Waals surface area contributed by atoms with Gasteiger partial charge in [0.15, 0.2) is 5.58 Å². The van der Waals surface area contributed by atoms with Gasteiger partial charge < -0.3 is 23.5 Å². The van der Waals surface area contributed by atoms with Gasteiger partial charge in [-0.2, -0.15) is 0 Å². The molecule has 1 aromatic carbocycles. The molecule has 0 atom stereocenters. The zero-order chi connectivity index (χ0) is 30.7. The summed E-state index contributed by atoms with van der Waals surface area (Å²) in [7, 11) is 1.70. The molecular formula is C33H41Cl2N5O5. The Hall–Kier alpha value is -3.86. The maximum atomic E-state index is 13.2. The highest BCUT2D eigenvalue weighted by Crippen LogP contribution is 2.40. The number of benzene rings is 1. The summed E-state index contributed by atoms with van der Waals surface area (Å²) < 4.78 is 13.2. The average molecular weight is 659 g/mol. The number of hydrogen-bond acceptors (Lipinski definition) is 7. The van der Waals surface area contributed by atoms with Gasteiger partial charge in [0.1, 0.15) is 11.2 Å². The van der Waals surface area contributed by atoms with Crippen LogP contribution in [0.15, 0.2) is 70.3 Å². The van der Waals surface area contributed by atoms with Crippen molar-refractivity contribution >= 4 is 59.0 Å². The molecule has 4 heterocycles. The first-order chi connectivity index (χ1) is 20.6. The van der Waals surface area contributed by atoms with Crippen LogP contribution in [0.5, 0.6) is 5.75 Å². The number of amides is 2. The Morgan fingerprint density at radius 3 is 2.51 bits per heavy atom. The molecule has 5 rings (SSSR count). The van der Waals surface area contributed by atoms with Crippen molar-refractivity contribution in [3.8, 4) is 5.75 Å². The largest absolute Gasteiger partial charge is 0.493 e. The van der Waals surface area contributed by atoms with Gasteiger partial charge in [0.05, 0.1) is 24.2 Å². The fraction of sp³-hybridized carbons (Fsp3) is 0.394. The molecule has 0 aliphatic carbocycles. The maximum Gasteiger partial charge on any atom is 0.294 e. The number of anilines is 2. The summed E-state index contributed by atoms with van der Waals surface area (Å²) >= 11 is 0. The minimum atomic E-state index is -1.16. The molecule has 0 saturated heterocycles. The second-order valence-corrected chi connectivity index (χ2v) is 11.4. The minimum absolute atomic E-state index is 0. The molecule has 12 heteroatoms. The van der Waals surface area contributed by atoms with Crippen LogP contribution in [-0.4, -0.2) is 59.6 Å². The molecule has 45 heavy (non-hydrogen) atoms. The Balaban J connectivity index is 0.00000276. The first-order valence-corrected chi connectivity index (χ1v) is 14.7. The van der Waals surface area contributed by atoms with E-state index in [-0.39, 0.29) is 42.2 Å². The van der Waals surface area contributed by atoms with E-state index in [2.05, 4.69) is 16.0 Å². The van der Waals surface area contributed by atoms with E-state index in [0.717, 1.165) is 29.6 Å². The third-order valence-corrected chi connectivity index (χ3v) is 8.17. The second-order valence-electron chi connectivity index (χ2n) is 11.4. The first kappa shape index (κ1) is 35.6. The third-order valence-electron chi connectivity index (χ3n) is 8.17. The zero-order valence-electron chi connectivity index (χ0n) is 26.3. The Bertz CT molecular complexity index is 1700. The molecule has 4 aromatic rings. The van der Waals surface area contributed by atoms with Crippen LogP contribution in [0.25, 0.3) is 11.0 Å². The van der Waals surface area contributed by atoms with E-state index in [0.29, 0.717) is 55.5 Å². The second kappa shape index (κ2) is 14.9. The Labute approximate surface area is 275 Å². The van der Waals surface area contributed by atoms with Crippen LogP contribution >= 0.6 is 24.8 Å². The molecule has 1 aliphatic rings. The SMILES string of the molecule is CCN1C(=O)C(C)(C)C(=O)N(C)c2cc(OCCCN(CCn3ccc4ccoc4c3=O)Cc3cccnc3C)ccc21.Cl.Cl. The van der Waals surface area contributed by atoms with Crippen molar-refractivity contribution in [1.82, 2.24) is 14.5 Å². The molecule has 1 aliphatic heterocycles. The van der Waals surface area contributed by atoms with Crippen molar-refractivity contribution < 1.29 is 18.7 Å². The number of hydrogen-bond donors (Lipinski definition) is 0. The quantitative estimate of drug-likeness (QED) is 0.156. The van der Waals surface area contributed by atoms with Crippen LogP contribution in [0, 0.1) is 12.3 Å². The van der Waals surface area contributed by atoms with Gasteiger partial charge in [-0.1, -0.05) is 6.07 Å². The average Bonchev–Trinajstić information content (AvgIpc) is 3.48. The van der Waals surface area contributed by atoms with Crippen LogP contribution in [0.4, 0.5) is 11.4 Å². The lowest BCUT2D eigenvalue weighted by Gasteiger charge is -2.27. The van der Waals surface area contributed by atoms with Crippen molar-refractivity contribution in [3.63, 3.8) is 0 Å². The van der Waals surface area contributed by atoms with E-state index in [1.807, 2.05) is 50.4 Å². The topological polar surface area (TPSA) is 101 Å². The Morgan fingerprint density at radius 1 is 1.00 bits per heavy atom. The number of pyridine rings is 2. The number of aromatic nitrogens is 2. The minimum Gasteiger partial charge on any atom is -0.493 e. The van der Waals surface area contributed by atoms with Crippen molar-refractivity contribution in [3.05, 3.63) is 82.7 Å². The van der Waals surface area contributed by atoms with Gasteiger partial charge in [0.2, 0.25) is 11.8 Å². The number of furan rings is 1. The maximum absolute atomic E-state index is 13.2. The summed E-state index contributed by atoms with van der Waals surface area (Å²) in [5.74, 6) is 0.169. The van der Waals surface area contributed by atoms with Gasteiger partial charge in [-0.3, -0.25) is 24.3 Å². The number of carbonyl (C=O) groups excluding carboxylic acids is 2. The lowest BCUT2D eigenvalue weighted by atomic mass is 9.90. The van der Waals surface area contributed by atoms with E-state index in [1.54, 1.807) is 47.5 Å². The molecule has 0 saturated carbocycles. The predicted octanol–water partition coefficient (Wildman–Crippen LogP) is 5.47. The van der Waals surface area contributed by atoms with Gasteiger partial charge in [-0.15, -0.1) is 24.8 Å². The predicted molar refractivity (Wildman–Crippen MR) is 181 cm³/mol. The van der Waals surface area contributed by atoms with Crippen LogP contribution in [-0.2, 0) is 22.7 Å². The van der Waals surface area contributed by atoms with Gasteiger partial charge in [-0.05, 0) is 70.0 Å². The molecule has 3 aromatic heterocycles. The Kier molecular flexibility index (Phi) is 11.8. The first-order valence-electron chi connectivity index (χ1n) is 14.7. The molecule has 10 nitrogen and oxygen atoms in total. The fourth-order valence-corrected chi connectivity index (χ4v) is 5.56. The number of ether oxygens (including phenoxy) is 1.